The molecule has 1 aromatic heterocycles. The normalized spacial score (nSPS) is 12.7. The Morgan fingerprint density at radius 2 is 0.862 bits per heavy atom. The molecule has 58 heavy (non-hydrogen) atoms. The second-order valence-electron chi connectivity index (χ2n) is 15.4. The third kappa shape index (κ3) is 5.41. The Morgan fingerprint density at radius 1 is 0.362 bits per heavy atom. The lowest BCUT2D eigenvalue weighted by Gasteiger charge is -2.31. The fraction of sp³-hybridized carbons (Fsp3) is 0.0357. The molecule has 0 N–H and O–H groups in total. The predicted octanol–water partition coefficient (Wildman–Crippen LogP) is 15.4. The molecule has 0 amide bonds. The summed E-state index contributed by atoms with van der Waals surface area (Å²) in [4.78, 5) is 2.37. The van der Waals surface area contributed by atoms with E-state index < -0.39 is 5.41 Å². The molecule has 0 saturated carbocycles. The highest BCUT2D eigenvalue weighted by Crippen LogP contribution is 2.56. The number of fused-ring (bicyclic) bond motifs is 6. The molecule has 0 aliphatic heterocycles. The topological polar surface area (TPSA) is 16.4 Å². The third-order valence-corrected chi connectivity index (χ3v) is 12.1. The Hall–Kier alpha value is -7.42. The van der Waals surface area contributed by atoms with Gasteiger partial charge in [0.1, 0.15) is 11.2 Å². The molecule has 0 saturated heterocycles. The summed E-state index contributed by atoms with van der Waals surface area (Å²) in [5.41, 5.74) is 18.0. The molecular formula is C56H39NO. The molecule has 2 heteroatoms. The third-order valence-electron chi connectivity index (χ3n) is 12.1. The van der Waals surface area contributed by atoms with Crippen LogP contribution in [0.1, 0.15) is 23.6 Å². The van der Waals surface area contributed by atoms with Gasteiger partial charge in [-0.2, -0.15) is 0 Å². The van der Waals surface area contributed by atoms with Crippen LogP contribution in [0.5, 0.6) is 0 Å². The van der Waals surface area contributed by atoms with E-state index in [4.69, 9.17) is 4.42 Å². The number of hydrogen-bond acceptors (Lipinski definition) is 2. The van der Waals surface area contributed by atoms with Crippen molar-refractivity contribution in [2.75, 3.05) is 4.90 Å². The Morgan fingerprint density at radius 3 is 1.47 bits per heavy atom. The minimum absolute atomic E-state index is 0.480. The zero-order valence-corrected chi connectivity index (χ0v) is 32.1. The number of para-hydroxylation sites is 1. The van der Waals surface area contributed by atoms with Crippen molar-refractivity contribution < 1.29 is 4.42 Å². The molecule has 1 aliphatic carbocycles. The van der Waals surface area contributed by atoms with Gasteiger partial charge in [0.25, 0.3) is 0 Å². The number of nitrogens with zero attached hydrogens (tertiary/aromatic N) is 1. The molecular weight excluding hydrogens is 703 g/mol. The fourth-order valence-corrected chi connectivity index (χ4v) is 9.38. The lowest BCUT2D eigenvalue weighted by Crippen LogP contribution is -2.23. The average molecular weight is 742 g/mol. The van der Waals surface area contributed by atoms with Crippen LogP contribution in [0.3, 0.4) is 0 Å². The average Bonchev–Trinajstić information content (AvgIpc) is 3.80. The number of furan rings is 1. The minimum atomic E-state index is -0.480. The van der Waals surface area contributed by atoms with Gasteiger partial charge in [-0.15, -0.1) is 0 Å². The highest BCUT2D eigenvalue weighted by Gasteiger charge is 2.44. The summed E-state index contributed by atoms with van der Waals surface area (Å²) in [5, 5.41) is 2.26. The van der Waals surface area contributed by atoms with E-state index in [1.165, 1.54) is 50.1 Å². The van der Waals surface area contributed by atoms with Gasteiger partial charge in [-0.1, -0.05) is 170 Å². The van der Waals surface area contributed by atoms with E-state index in [1.807, 2.05) is 0 Å². The molecule has 2 nitrogen and oxygen atoms in total. The molecule has 11 rings (SSSR count). The molecule has 274 valence electrons. The van der Waals surface area contributed by atoms with Crippen molar-refractivity contribution in [3.05, 3.63) is 235 Å². The minimum Gasteiger partial charge on any atom is -0.456 e. The molecule has 0 unspecified atom stereocenters. The van der Waals surface area contributed by atoms with Gasteiger partial charge in [0, 0.05) is 38.8 Å². The van der Waals surface area contributed by atoms with Gasteiger partial charge in [0.2, 0.25) is 0 Å². The maximum Gasteiger partial charge on any atom is 0.140 e. The molecule has 0 atom stereocenters. The van der Waals surface area contributed by atoms with Gasteiger partial charge in [-0.3, -0.25) is 0 Å². The Labute approximate surface area is 338 Å². The summed E-state index contributed by atoms with van der Waals surface area (Å²) < 4.78 is 6.95. The maximum atomic E-state index is 6.95. The molecule has 9 aromatic carbocycles. The van der Waals surface area contributed by atoms with E-state index in [0.717, 1.165) is 50.1 Å². The van der Waals surface area contributed by atoms with E-state index in [0.29, 0.717) is 0 Å². The highest BCUT2D eigenvalue weighted by molar-refractivity contribution is 6.09. The van der Waals surface area contributed by atoms with Crippen LogP contribution in [0.4, 0.5) is 17.1 Å². The van der Waals surface area contributed by atoms with Crippen molar-refractivity contribution in [2.45, 2.75) is 12.3 Å². The van der Waals surface area contributed by atoms with Gasteiger partial charge >= 0.3 is 0 Å². The smallest absolute Gasteiger partial charge is 0.140 e. The Kier molecular flexibility index (Phi) is 7.97. The first-order valence-corrected chi connectivity index (χ1v) is 20.0. The molecule has 10 aromatic rings. The Bertz CT molecular complexity index is 2980. The lowest BCUT2D eigenvalue weighted by atomic mass is 9.71. The molecule has 0 spiro atoms. The standard InChI is InChI=1S/C56H39NO/c1-56(51-24-11-8-21-47(51)48-22-9-12-25-52(48)56)54-46(35-36-50-49-23-10-13-26-53(49)58-55(50)54)42-19-14-20-45(37-42)57(43-31-27-40(28-32-43)38-15-4-2-5-16-38)44-33-29-41(30-34-44)39-17-6-3-7-18-39/h2-37H,1H3. The molecule has 0 radical (unpaired) electrons. The Balaban J connectivity index is 1.12. The first-order chi connectivity index (χ1) is 28.6. The van der Waals surface area contributed by atoms with Crippen molar-refractivity contribution in [1.29, 1.82) is 0 Å². The highest BCUT2D eigenvalue weighted by atomic mass is 16.3. The van der Waals surface area contributed by atoms with Crippen LogP contribution in [-0.4, -0.2) is 0 Å². The van der Waals surface area contributed by atoms with E-state index in [2.05, 4.69) is 230 Å². The maximum absolute atomic E-state index is 6.95. The van der Waals surface area contributed by atoms with Gasteiger partial charge in [0.05, 0.1) is 0 Å². The van der Waals surface area contributed by atoms with Crippen LogP contribution in [0.15, 0.2) is 223 Å². The number of rotatable bonds is 7. The van der Waals surface area contributed by atoms with E-state index in [9.17, 15) is 0 Å². The first kappa shape index (κ1) is 33.9. The van der Waals surface area contributed by atoms with Crippen LogP contribution >= 0.6 is 0 Å². The number of anilines is 3. The fourth-order valence-electron chi connectivity index (χ4n) is 9.38. The van der Waals surface area contributed by atoms with Crippen molar-refractivity contribution in [3.63, 3.8) is 0 Å². The lowest BCUT2D eigenvalue weighted by molar-refractivity contribution is 0.638. The summed E-state index contributed by atoms with van der Waals surface area (Å²) in [5.74, 6) is 0. The molecule has 1 aliphatic rings. The summed E-state index contributed by atoms with van der Waals surface area (Å²) in [6, 6.07) is 78.8. The molecule has 1 heterocycles. The molecule has 0 fully saturated rings. The number of hydrogen-bond donors (Lipinski definition) is 0. The van der Waals surface area contributed by atoms with Crippen LogP contribution in [0.25, 0.3) is 66.4 Å². The molecule has 0 bridgehead atoms. The van der Waals surface area contributed by atoms with Crippen LogP contribution in [-0.2, 0) is 5.41 Å². The zero-order valence-electron chi connectivity index (χ0n) is 32.1. The monoisotopic (exact) mass is 741 g/mol. The van der Waals surface area contributed by atoms with Gasteiger partial charge < -0.3 is 9.32 Å². The van der Waals surface area contributed by atoms with Crippen molar-refractivity contribution >= 4 is 39.0 Å². The van der Waals surface area contributed by atoms with Gasteiger partial charge in [-0.25, -0.2) is 0 Å². The second-order valence-corrected chi connectivity index (χ2v) is 15.4. The number of benzene rings is 9. The second kappa shape index (κ2) is 13.7. The van der Waals surface area contributed by atoms with E-state index in [-0.39, 0.29) is 0 Å². The zero-order chi connectivity index (χ0) is 38.6. The van der Waals surface area contributed by atoms with Crippen molar-refractivity contribution in [3.8, 4) is 44.5 Å². The summed E-state index contributed by atoms with van der Waals surface area (Å²) in [7, 11) is 0. The first-order valence-electron chi connectivity index (χ1n) is 20.0. The van der Waals surface area contributed by atoms with E-state index in [1.54, 1.807) is 0 Å². The summed E-state index contributed by atoms with van der Waals surface area (Å²) in [6.07, 6.45) is 0. The predicted molar refractivity (Wildman–Crippen MR) is 242 cm³/mol. The summed E-state index contributed by atoms with van der Waals surface area (Å²) in [6.45, 7) is 2.39. The van der Waals surface area contributed by atoms with Gasteiger partial charge in [-0.05, 0) is 111 Å². The van der Waals surface area contributed by atoms with Crippen LogP contribution in [0.2, 0.25) is 0 Å². The summed E-state index contributed by atoms with van der Waals surface area (Å²) >= 11 is 0. The largest absolute Gasteiger partial charge is 0.456 e. The van der Waals surface area contributed by atoms with Crippen LogP contribution in [0, 0.1) is 0 Å². The van der Waals surface area contributed by atoms with Crippen molar-refractivity contribution in [1.82, 2.24) is 0 Å². The van der Waals surface area contributed by atoms with Crippen molar-refractivity contribution in [2.24, 2.45) is 0 Å². The quantitative estimate of drug-likeness (QED) is 0.162. The van der Waals surface area contributed by atoms with Gasteiger partial charge in [0.15, 0.2) is 0 Å². The van der Waals surface area contributed by atoms with E-state index >= 15 is 0 Å². The SMILES string of the molecule is CC1(c2c(-c3cccc(N(c4ccc(-c5ccccc5)cc4)c4ccc(-c5ccccc5)cc4)c3)ccc3c2oc2ccccc23)c2ccccc2-c2ccccc21. The van der Waals surface area contributed by atoms with Crippen LogP contribution < -0.4 is 4.90 Å².